The summed E-state index contributed by atoms with van der Waals surface area (Å²) in [6.45, 7) is 3.34. The minimum atomic E-state index is -0.0902. The van der Waals surface area contributed by atoms with Gasteiger partial charge in [0.15, 0.2) is 0 Å². The van der Waals surface area contributed by atoms with Crippen LogP contribution in [0.4, 0.5) is 0 Å². The lowest BCUT2D eigenvalue weighted by molar-refractivity contribution is 0.129. The molecule has 0 bridgehead atoms. The quantitative estimate of drug-likeness (QED) is 0.598. The normalized spacial score (nSPS) is 29.4. The van der Waals surface area contributed by atoms with Gasteiger partial charge in [-0.1, -0.05) is 6.42 Å². The highest BCUT2D eigenvalue weighted by Gasteiger charge is 2.24. The molecule has 84 valence electrons. The van der Waals surface area contributed by atoms with Crippen molar-refractivity contribution in [2.75, 3.05) is 13.2 Å². The largest absolute Gasteiger partial charge is 0.396 e. The first kappa shape index (κ1) is 12.0. The number of nitrogens with one attached hydrogen (secondary N) is 1. The molecule has 3 nitrogen and oxygen atoms in total. The van der Waals surface area contributed by atoms with Crippen LogP contribution in [0.15, 0.2) is 0 Å². The number of hydrogen-bond donors (Lipinski definition) is 3. The molecule has 3 heteroatoms. The first-order valence-corrected chi connectivity index (χ1v) is 5.76. The van der Waals surface area contributed by atoms with Gasteiger partial charge in [0.1, 0.15) is 0 Å². The first-order valence-electron chi connectivity index (χ1n) is 5.76. The van der Waals surface area contributed by atoms with Crippen LogP contribution in [-0.4, -0.2) is 35.5 Å². The summed E-state index contributed by atoms with van der Waals surface area (Å²) in [7, 11) is 0. The molecule has 3 N–H and O–H groups in total. The standard InChI is InChI=1S/C11H23NO2/c1-9(4-3-7-13)12-8-10-5-2-6-11(10)14/h9-14H,2-8H2,1H3. The molecule has 1 fully saturated rings. The number of aliphatic hydroxyl groups excluding tert-OH is 2. The van der Waals surface area contributed by atoms with Gasteiger partial charge in [-0.25, -0.2) is 0 Å². The van der Waals surface area contributed by atoms with E-state index in [4.69, 9.17) is 5.11 Å². The zero-order valence-electron chi connectivity index (χ0n) is 9.08. The first-order chi connectivity index (χ1) is 6.74. The van der Waals surface area contributed by atoms with Gasteiger partial charge in [0.2, 0.25) is 0 Å². The Balaban J connectivity index is 2.07. The third kappa shape index (κ3) is 3.95. The molecule has 0 aliphatic heterocycles. The Kier molecular flexibility index (Phi) is 5.45. The number of hydrogen-bond acceptors (Lipinski definition) is 3. The van der Waals surface area contributed by atoms with Crippen molar-refractivity contribution >= 4 is 0 Å². The summed E-state index contributed by atoms with van der Waals surface area (Å²) in [5.41, 5.74) is 0. The fraction of sp³-hybridized carbons (Fsp3) is 1.00. The Morgan fingerprint density at radius 3 is 2.79 bits per heavy atom. The highest BCUT2D eigenvalue weighted by atomic mass is 16.3. The molecule has 0 spiro atoms. The maximum absolute atomic E-state index is 9.60. The molecule has 0 amide bonds. The van der Waals surface area contributed by atoms with Gasteiger partial charge >= 0.3 is 0 Å². The van der Waals surface area contributed by atoms with Crippen LogP contribution in [0.3, 0.4) is 0 Å². The van der Waals surface area contributed by atoms with Gasteiger partial charge in [-0.15, -0.1) is 0 Å². The van der Waals surface area contributed by atoms with E-state index >= 15 is 0 Å². The van der Waals surface area contributed by atoms with Gasteiger partial charge in [-0.05, 0) is 38.5 Å². The summed E-state index contributed by atoms with van der Waals surface area (Å²) in [5.74, 6) is 0.451. The topological polar surface area (TPSA) is 52.5 Å². The van der Waals surface area contributed by atoms with Gasteiger partial charge in [-0.2, -0.15) is 0 Å². The SMILES string of the molecule is CC(CCCO)NCC1CCCC1O. The zero-order valence-corrected chi connectivity index (χ0v) is 9.08. The van der Waals surface area contributed by atoms with Crippen LogP contribution in [0.1, 0.15) is 39.0 Å². The molecule has 0 aromatic heterocycles. The highest BCUT2D eigenvalue weighted by Crippen LogP contribution is 2.24. The maximum Gasteiger partial charge on any atom is 0.0580 e. The highest BCUT2D eigenvalue weighted by molar-refractivity contribution is 4.79. The van der Waals surface area contributed by atoms with Crippen LogP contribution in [0.2, 0.25) is 0 Å². The predicted octanol–water partition coefficient (Wildman–Crippen LogP) is 0.898. The maximum atomic E-state index is 9.60. The molecule has 1 saturated carbocycles. The molecule has 0 aromatic carbocycles. The molecule has 14 heavy (non-hydrogen) atoms. The summed E-state index contributed by atoms with van der Waals surface area (Å²) in [6.07, 6.45) is 5.07. The van der Waals surface area contributed by atoms with Crippen molar-refractivity contribution in [1.82, 2.24) is 5.32 Å². The van der Waals surface area contributed by atoms with Crippen LogP contribution in [0.25, 0.3) is 0 Å². The van der Waals surface area contributed by atoms with Gasteiger partial charge < -0.3 is 15.5 Å². The Hall–Kier alpha value is -0.120. The van der Waals surface area contributed by atoms with E-state index in [1.165, 1.54) is 6.42 Å². The average molecular weight is 201 g/mol. The Morgan fingerprint density at radius 1 is 1.43 bits per heavy atom. The van der Waals surface area contributed by atoms with E-state index in [-0.39, 0.29) is 12.7 Å². The lowest BCUT2D eigenvalue weighted by Gasteiger charge is -2.19. The summed E-state index contributed by atoms with van der Waals surface area (Å²) < 4.78 is 0. The lowest BCUT2D eigenvalue weighted by Crippen LogP contribution is -2.34. The fourth-order valence-electron chi connectivity index (χ4n) is 2.11. The molecule has 1 aliphatic rings. The monoisotopic (exact) mass is 201 g/mol. The van der Waals surface area contributed by atoms with E-state index in [0.717, 1.165) is 32.2 Å². The lowest BCUT2D eigenvalue weighted by atomic mass is 10.1. The van der Waals surface area contributed by atoms with Gasteiger partial charge in [0.25, 0.3) is 0 Å². The minimum absolute atomic E-state index is 0.0902. The third-order valence-corrected chi connectivity index (χ3v) is 3.14. The number of rotatable bonds is 6. The van der Waals surface area contributed by atoms with Crippen molar-refractivity contribution in [3.8, 4) is 0 Å². The smallest absolute Gasteiger partial charge is 0.0580 e. The van der Waals surface area contributed by atoms with Crippen LogP contribution < -0.4 is 5.32 Å². The second-order valence-corrected chi connectivity index (χ2v) is 4.43. The Morgan fingerprint density at radius 2 is 2.21 bits per heavy atom. The van der Waals surface area contributed by atoms with Crippen molar-refractivity contribution in [3.05, 3.63) is 0 Å². The van der Waals surface area contributed by atoms with Crippen LogP contribution in [0.5, 0.6) is 0 Å². The Bertz CT molecular complexity index is 152. The van der Waals surface area contributed by atoms with Crippen molar-refractivity contribution < 1.29 is 10.2 Å². The molecule has 0 saturated heterocycles. The minimum Gasteiger partial charge on any atom is -0.396 e. The van der Waals surface area contributed by atoms with Crippen LogP contribution in [0, 0.1) is 5.92 Å². The van der Waals surface area contributed by atoms with E-state index in [1.807, 2.05) is 0 Å². The Labute approximate surface area is 86.5 Å². The summed E-state index contributed by atoms with van der Waals surface area (Å²) >= 11 is 0. The molecular formula is C11H23NO2. The fourth-order valence-corrected chi connectivity index (χ4v) is 2.11. The molecule has 0 radical (unpaired) electrons. The average Bonchev–Trinajstić information content (AvgIpc) is 2.58. The van der Waals surface area contributed by atoms with Crippen molar-refractivity contribution in [2.45, 2.75) is 51.2 Å². The van der Waals surface area contributed by atoms with Crippen molar-refractivity contribution in [1.29, 1.82) is 0 Å². The third-order valence-electron chi connectivity index (χ3n) is 3.14. The van der Waals surface area contributed by atoms with Gasteiger partial charge in [-0.3, -0.25) is 0 Å². The molecule has 0 aromatic rings. The van der Waals surface area contributed by atoms with E-state index in [0.29, 0.717) is 12.0 Å². The van der Waals surface area contributed by atoms with E-state index in [9.17, 15) is 5.11 Å². The molecule has 3 unspecified atom stereocenters. The van der Waals surface area contributed by atoms with Crippen molar-refractivity contribution in [2.24, 2.45) is 5.92 Å². The van der Waals surface area contributed by atoms with Crippen molar-refractivity contribution in [3.63, 3.8) is 0 Å². The van der Waals surface area contributed by atoms with Gasteiger partial charge in [0, 0.05) is 19.2 Å². The van der Waals surface area contributed by atoms with E-state index in [1.54, 1.807) is 0 Å². The molecular weight excluding hydrogens is 178 g/mol. The summed E-state index contributed by atoms with van der Waals surface area (Å²) in [6, 6.07) is 0.454. The van der Waals surface area contributed by atoms with Crippen LogP contribution in [-0.2, 0) is 0 Å². The summed E-state index contributed by atoms with van der Waals surface area (Å²) in [4.78, 5) is 0. The molecule has 1 rings (SSSR count). The van der Waals surface area contributed by atoms with E-state index in [2.05, 4.69) is 12.2 Å². The van der Waals surface area contributed by atoms with E-state index < -0.39 is 0 Å². The summed E-state index contributed by atoms with van der Waals surface area (Å²) in [5, 5.41) is 21.7. The molecule has 0 heterocycles. The number of aliphatic hydroxyl groups is 2. The van der Waals surface area contributed by atoms with Crippen LogP contribution >= 0.6 is 0 Å². The van der Waals surface area contributed by atoms with Gasteiger partial charge in [0.05, 0.1) is 6.10 Å². The predicted molar refractivity (Wildman–Crippen MR) is 57.1 cm³/mol. The molecule has 1 aliphatic carbocycles. The molecule has 3 atom stereocenters. The second kappa shape index (κ2) is 6.38. The second-order valence-electron chi connectivity index (χ2n) is 4.43. The zero-order chi connectivity index (χ0) is 10.4.